The normalized spacial score (nSPS) is 53.0. The fourth-order valence-electron chi connectivity index (χ4n) is 7.14. The van der Waals surface area contributed by atoms with Crippen LogP contribution in [-0.2, 0) is 9.53 Å². The van der Waals surface area contributed by atoms with E-state index in [2.05, 4.69) is 19.9 Å². The van der Waals surface area contributed by atoms with Gasteiger partial charge in [-0.1, -0.05) is 26.0 Å². The molecule has 0 amide bonds. The summed E-state index contributed by atoms with van der Waals surface area (Å²) in [5.41, 5.74) is 0.428. The van der Waals surface area contributed by atoms with Gasteiger partial charge in [0.15, 0.2) is 0 Å². The number of hydrogen-bond acceptors (Lipinski definition) is 3. The van der Waals surface area contributed by atoms with Crippen LogP contribution in [0.3, 0.4) is 0 Å². The number of ether oxygens (including phenoxy) is 1. The number of rotatable bonds is 1. The van der Waals surface area contributed by atoms with Crippen LogP contribution in [0.25, 0.3) is 0 Å². The number of aliphatic hydroxyl groups is 1. The number of esters is 1. The van der Waals surface area contributed by atoms with Crippen LogP contribution in [0.2, 0.25) is 0 Å². The highest BCUT2D eigenvalue weighted by molar-refractivity contribution is 5.66. The molecule has 0 aromatic heterocycles. The fraction of sp³-hybridized carbons (Fsp3) is 0.857. The van der Waals surface area contributed by atoms with Crippen molar-refractivity contribution >= 4 is 5.97 Å². The third-order valence-electron chi connectivity index (χ3n) is 8.39. The standard InChI is InChI=1S/C21H32O3/c1-13(22)24-19-7-6-17-16-5-4-14-12-15(23)8-10-20(14,2)18(16)9-11-21(17,19)3/h8,10,14-19,23H,4-7,9,11-12H2,1-3H3/t14-,15-,16-,17-,18-,19+,20-,21-/m0/s1. The molecule has 3 saturated carbocycles. The molecular weight excluding hydrogens is 300 g/mol. The summed E-state index contributed by atoms with van der Waals surface area (Å²) < 4.78 is 5.72. The van der Waals surface area contributed by atoms with E-state index in [4.69, 9.17) is 4.74 Å². The molecule has 0 unspecified atom stereocenters. The van der Waals surface area contributed by atoms with Crippen molar-refractivity contribution < 1.29 is 14.6 Å². The molecule has 0 radical (unpaired) electrons. The number of allylic oxidation sites excluding steroid dienone is 1. The summed E-state index contributed by atoms with van der Waals surface area (Å²) in [6, 6.07) is 0. The minimum Gasteiger partial charge on any atom is -0.462 e. The first kappa shape index (κ1) is 16.6. The van der Waals surface area contributed by atoms with Gasteiger partial charge in [-0.3, -0.25) is 4.79 Å². The van der Waals surface area contributed by atoms with Gasteiger partial charge < -0.3 is 9.84 Å². The predicted molar refractivity (Wildman–Crippen MR) is 93.2 cm³/mol. The molecule has 4 aliphatic rings. The quantitative estimate of drug-likeness (QED) is 0.581. The summed E-state index contributed by atoms with van der Waals surface area (Å²) in [7, 11) is 0. The zero-order chi connectivity index (χ0) is 17.1. The van der Waals surface area contributed by atoms with Gasteiger partial charge in [-0.15, -0.1) is 0 Å². The largest absolute Gasteiger partial charge is 0.462 e. The van der Waals surface area contributed by atoms with Crippen LogP contribution < -0.4 is 0 Å². The van der Waals surface area contributed by atoms with E-state index in [1.807, 2.05) is 6.08 Å². The van der Waals surface area contributed by atoms with Gasteiger partial charge in [-0.2, -0.15) is 0 Å². The van der Waals surface area contributed by atoms with E-state index in [1.165, 1.54) is 32.1 Å². The van der Waals surface area contributed by atoms with Crippen molar-refractivity contribution in [2.24, 2.45) is 34.5 Å². The zero-order valence-electron chi connectivity index (χ0n) is 15.3. The molecule has 4 rings (SSSR count). The highest BCUT2D eigenvalue weighted by Gasteiger charge is 2.60. The zero-order valence-corrected chi connectivity index (χ0v) is 15.3. The molecule has 4 aliphatic carbocycles. The van der Waals surface area contributed by atoms with Crippen molar-refractivity contribution in [2.75, 3.05) is 0 Å². The average molecular weight is 332 g/mol. The molecule has 1 N–H and O–H groups in total. The minimum absolute atomic E-state index is 0.121. The lowest BCUT2D eigenvalue weighted by Crippen LogP contribution is -2.53. The lowest BCUT2D eigenvalue weighted by atomic mass is 9.46. The maximum absolute atomic E-state index is 11.5. The highest BCUT2D eigenvalue weighted by Crippen LogP contribution is 2.65. The molecule has 3 heteroatoms. The maximum Gasteiger partial charge on any atom is 0.302 e. The molecule has 3 nitrogen and oxygen atoms in total. The first-order chi connectivity index (χ1) is 11.3. The second kappa shape index (κ2) is 5.59. The van der Waals surface area contributed by atoms with Crippen LogP contribution >= 0.6 is 0 Å². The Kier molecular flexibility index (Phi) is 3.87. The Morgan fingerprint density at radius 3 is 2.67 bits per heavy atom. The third kappa shape index (κ3) is 2.30. The van der Waals surface area contributed by atoms with E-state index >= 15 is 0 Å². The minimum atomic E-state index is -0.242. The van der Waals surface area contributed by atoms with Crippen molar-refractivity contribution in [1.29, 1.82) is 0 Å². The lowest BCUT2D eigenvalue weighted by Gasteiger charge is -2.59. The van der Waals surface area contributed by atoms with Crippen LogP contribution in [0.4, 0.5) is 0 Å². The predicted octanol–water partition coefficient (Wildman–Crippen LogP) is 4.10. The van der Waals surface area contributed by atoms with Gasteiger partial charge in [-0.25, -0.2) is 0 Å². The van der Waals surface area contributed by atoms with E-state index in [9.17, 15) is 9.90 Å². The number of carbonyl (C=O) groups is 1. The Labute approximate surface area is 145 Å². The van der Waals surface area contributed by atoms with Gasteiger partial charge in [-0.05, 0) is 74.0 Å². The Morgan fingerprint density at radius 2 is 1.92 bits per heavy atom. The van der Waals surface area contributed by atoms with Crippen molar-refractivity contribution in [3.05, 3.63) is 12.2 Å². The summed E-state index contributed by atoms with van der Waals surface area (Å²) in [5, 5.41) is 10.0. The van der Waals surface area contributed by atoms with E-state index in [1.54, 1.807) is 6.92 Å². The fourth-order valence-corrected chi connectivity index (χ4v) is 7.14. The van der Waals surface area contributed by atoms with Crippen LogP contribution in [0.1, 0.15) is 65.7 Å². The molecule has 3 fully saturated rings. The Hall–Kier alpha value is -0.830. The molecule has 24 heavy (non-hydrogen) atoms. The molecule has 0 spiro atoms. The molecular formula is C21H32O3. The summed E-state index contributed by atoms with van der Waals surface area (Å²) in [6.45, 7) is 6.37. The smallest absolute Gasteiger partial charge is 0.302 e. The van der Waals surface area contributed by atoms with Crippen molar-refractivity contribution in [3.63, 3.8) is 0 Å². The Bertz CT molecular complexity index is 555. The highest BCUT2D eigenvalue weighted by atomic mass is 16.5. The summed E-state index contributed by atoms with van der Waals surface area (Å²) in [5.74, 6) is 2.69. The van der Waals surface area contributed by atoms with Gasteiger partial charge in [0.25, 0.3) is 0 Å². The van der Waals surface area contributed by atoms with Gasteiger partial charge in [0.1, 0.15) is 6.10 Å². The van der Waals surface area contributed by atoms with Crippen LogP contribution in [0, 0.1) is 34.5 Å². The monoisotopic (exact) mass is 332 g/mol. The lowest BCUT2D eigenvalue weighted by molar-refractivity contribution is -0.158. The SMILES string of the molecule is CC(=O)O[C@@H]1CC[C@H]2[C@@H]3CC[C@H]4C[C@@H](O)C=C[C@]4(C)[C@H]3CC[C@]12C. The van der Waals surface area contributed by atoms with Crippen molar-refractivity contribution in [2.45, 2.75) is 77.9 Å². The molecule has 0 saturated heterocycles. The number of fused-ring (bicyclic) bond motifs is 5. The second-order valence-corrected chi connectivity index (χ2v) is 9.40. The van der Waals surface area contributed by atoms with Crippen LogP contribution in [-0.4, -0.2) is 23.3 Å². The molecule has 0 aromatic carbocycles. The average Bonchev–Trinajstić information content (AvgIpc) is 2.84. The first-order valence-electron chi connectivity index (χ1n) is 9.89. The van der Waals surface area contributed by atoms with E-state index < -0.39 is 0 Å². The Balaban J connectivity index is 1.61. The molecule has 0 aromatic rings. The summed E-state index contributed by atoms with van der Waals surface area (Å²) in [4.78, 5) is 11.5. The molecule has 0 heterocycles. The summed E-state index contributed by atoms with van der Waals surface area (Å²) >= 11 is 0. The molecule has 8 atom stereocenters. The maximum atomic E-state index is 11.5. The number of carbonyl (C=O) groups excluding carboxylic acids is 1. The summed E-state index contributed by atoms with van der Waals surface area (Å²) in [6.07, 6.45) is 12.4. The van der Waals surface area contributed by atoms with Crippen LogP contribution in [0.15, 0.2) is 12.2 Å². The van der Waals surface area contributed by atoms with E-state index in [0.29, 0.717) is 11.8 Å². The van der Waals surface area contributed by atoms with E-state index in [-0.39, 0.29) is 29.0 Å². The van der Waals surface area contributed by atoms with Gasteiger partial charge in [0.05, 0.1) is 6.10 Å². The number of hydrogen-bond donors (Lipinski definition) is 1. The van der Waals surface area contributed by atoms with Crippen molar-refractivity contribution in [1.82, 2.24) is 0 Å². The van der Waals surface area contributed by atoms with Crippen LogP contribution in [0.5, 0.6) is 0 Å². The van der Waals surface area contributed by atoms with Gasteiger partial charge in [0, 0.05) is 12.3 Å². The van der Waals surface area contributed by atoms with Gasteiger partial charge in [0.2, 0.25) is 0 Å². The van der Waals surface area contributed by atoms with E-state index in [0.717, 1.165) is 24.7 Å². The molecule has 134 valence electrons. The first-order valence-corrected chi connectivity index (χ1v) is 9.89. The number of aliphatic hydroxyl groups excluding tert-OH is 1. The van der Waals surface area contributed by atoms with Gasteiger partial charge >= 0.3 is 5.97 Å². The molecule has 0 bridgehead atoms. The second-order valence-electron chi connectivity index (χ2n) is 9.40. The van der Waals surface area contributed by atoms with Crippen molar-refractivity contribution in [3.8, 4) is 0 Å². The Morgan fingerprint density at radius 1 is 1.12 bits per heavy atom. The topological polar surface area (TPSA) is 46.5 Å². The third-order valence-corrected chi connectivity index (χ3v) is 8.39. The molecule has 0 aliphatic heterocycles.